The van der Waals surface area contributed by atoms with E-state index >= 15 is 0 Å². The molecule has 1 unspecified atom stereocenters. The van der Waals surface area contributed by atoms with Crippen molar-refractivity contribution in [3.05, 3.63) is 19.9 Å². The van der Waals surface area contributed by atoms with Crippen LogP contribution in [-0.2, 0) is 19.9 Å². The van der Waals surface area contributed by atoms with Crippen molar-refractivity contribution < 1.29 is 14.3 Å². The molecule has 0 aliphatic carbocycles. The van der Waals surface area contributed by atoms with E-state index in [2.05, 4.69) is 28.7 Å². The highest BCUT2D eigenvalue weighted by atomic mass is 127. The number of esters is 1. The number of carbonyl (C=O) groups excluding carboxylic acids is 1. The van der Waals surface area contributed by atoms with Gasteiger partial charge in [-0.2, -0.15) is 0 Å². The predicted molar refractivity (Wildman–Crippen MR) is 84.3 cm³/mol. The van der Waals surface area contributed by atoms with Gasteiger partial charge in [0, 0.05) is 6.42 Å². The zero-order valence-corrected chi connectivity index (χ0v) is 14.5. The molecule has 5 heteroatoms. The molecule has 0 N–H and O–H groups in total. The smallest absolute Gasteiger partial charge is 0.312 e. The quantitative estimate of drug-likeness (QED) is 0.573. The van der Waals surface area contributed by atoms with Crippen LogP contribution >= 0.6 is 33.9 Å². The van der Waals surface area contributed by atoms with Crippen LogP contribution in [0.3, 0.4) is 0 Å². The van der Waals surface area contributed by atoms with Gasteiger partial charge in [0.15, 0.2) is 5.60 Å². The summed E-state index contributed by atoms with van der Waals surface area (Å²) in [7, 11) is 0. The van der Waals surface area contributed by atoms with Gasteiger partial charge >= 0.3 is 5.97 Å². The first kappa shape index (κ1) is 15.3. The van der Waals surface area contributed by atoms with E-state index in [-0.39, 0.29) is 5.97 Å². The Kier molecular flexibility index (Phi) is 4.57. The molecule has 2 rings (SSSR count). The molecule has 0 amide bonds. The van der Waals surface area contributed by atoms with Gasteiger partial charge in [-0.1, -0.05) is 6.92 Å². The normalized spacial score (nSPS) is 23.6. The molecule has 1 aliphatic heterocycles. The summed E-state index contributed by atoms with van der Waals surface area (Å²) in [6.45, 7) is 6.98. The second kappa shape index (κ2) is 5.69. The van der Waals surface area contributed by atoms with Crippen LogP contribution in [0.1, 0.15) is 38.5 Å². The standard InChI is InChI=1S/C14H19IO3S/c1-4-13(2,3)12(16)18-14(7-8-17-9-14)10-5-6-11(15)19-10/h5-6H,4,7-9H2,1-3H3. The van der Waals surface area contributed by atoms with Crippen molar-refractivity contribution in [3.8, 4) is 0 Å². The van der Waals surface area contributed by atoms with Gasteiger partial charge in [0.2, 0.25) is 0 Å². The minimum absolute atomic E-state index is 0.135. The second-order valence-corrected chi connectivity index (χ2v) is 8.51. The van der Waals surface area contributed by atoms with Crippen LogP contribution in [0.25, 0.3) is 0 Å². The van der Waals surface area contributed by atoms with E-state index < -0.39 is 11.0 Å². The first-order valence-electron chi connectivity index (χ1n) is 6.47. The lowest BCUT2D eigenvalue weighted by atomic mass is 9.90. The minimum atomic E-state index is -0.572. The van der Waals surface area contributed by atoms with E-state index in [4.69, 9.17) is 9.47 Å². The molecule has 1 atom stereocenters. The van der Waals surface area contributed by atoms with Crippen molar-refractivity contribution in [2.45, 2.75) is 39.2 Å². The van der Waals surface area contributed by atoms with Crippen LogP contribution in [0.15, 0.2) is 12.1 Å². The Labute approximate surface area is 131 Å². The van der Waals surface area contributed by atoms with E-state index in [0.717, 1.165) is 17.7 Å². The predicted octanol–water partition coefficient (Wildman–Crippen LogP) is 3.95. The highest BCUT2D eigenvalue weighted by Gasteiger charge is 2.44. The van der Waals surface area contributed by atoms with E-state index in [9.17, 15) is 4.79 Å². The van der Waals surface area contributed by atoms with Gasteiger partial charge in [-0.3, -0.25) is 4.79 Å². The lowest BCUT2D eigenvalue weighted by molar-refractivity contribution is -0.171. The fourth-order valence-corrected chi connectivity index (χ4v) is 3.65. The number of thiophene rings is 1. The molecule has 0 aromatic carbocycles. The monoisotopic (exact) mass is 394 g/mol. The Balaban J connectivity index is 2.24. The molecule has 1 saturated heterocycles. The molecule has 1 aliphatic rings. The lowest BCUT2D eigenvalue weighted by Crippen LogP contribution is -2.37. The van der Waals surface area contributed by atoms with Crippen molar-refractivity contribution in [2.75, 3.05) is 13.2 Å². The van der Waals surface area contributed by atoms with Crippen LogP contribution in [0.4, 0.5) is 0 Å². The molecular formula is C14H19IO3S. The molecule has 106 valence electrons. The molecule has 1 aromatic heterocycles. The fraction of sp³-hybridized carbons (Fsp3) is 0.643. The lowest BCUT2D eigenvalue weighted by Gasteiger charge is -2.31. The maximum Gasteiger partial charge on any atom is 0.312 e. The van der Waals surface area contributed by atoms with Gasteiger partial charge in [0.25, 0.3) is 0 Å². The second-order valence-electron chi connectivity index (χ2n) is 5.53. The van der Waals surface area contributed by atoms with Crippen molar-refractivity contribution in [3.63, 3.8) is 0 Å². The maximum atomic E-state index is 12.4. The highest BCUT2D eigenvalue weighted by Crippen LogP contribution is 2.40. The summed E-state index contributed by atoms with van der Waals surface area (Å²) in [5.41, 5.74) is -1.02. The summed E-state index contributed by atoms with van der Waals surface area (Å²) in [5.74, 6) is -0.135. The Bertz CT molecular complexity index is 461. The van der Waals surface area contributed by atoms with Crippen molar-refractivity contribution in [2.24, 2.45) is 5.41 Å². The number of rotatable bonds is 4. The van der Waals surface area contributed by atoms with E-state index in [1.165, 1.54) is 2.88 Å². The van der Waals surface area contributed by atoms with E-state index in [1.807, 2.05) is 26.8 Å². The number of ether oxygens (including phenoxy) is 2. The van der Waals surface area contributed by atoms with Crippen LogP contribution < -0.4 is 0 Å². The third-order valence-electron chi connectivity index (χ3n) is 3.73. The zero-order valence-electron chi connectivity index (χ0n) is 11.5. The average Bonchev–Trinajstić information content (AvgIpc) is 2.99. The van der Waals surface area contributed by atoms with Crippen molar-refractivity contribution in [1.82, 2.24) is 0 Å². The van der Waals surface area contributed by atoms with Gasteiger partial charge in [-0.15, -0.1) is 11.3 Å². The molecule has 19 heavy (non-hydrogen) atoms. The summed E-state index contributed by atoms with van der Waals surface area (Å²) >= 11 is 3.96. The molecule has 1 aromatic rings. The minimum Gasteiger partial charge on any atom is -0.450 e. The summed E-state index contributed by atoms with van der Waals surface area (Å²) in [6.07, 6.45) is 1.51. The average molecular weight is 394 g/mol. The van der Waals surface area contributed by atoms with Crippen LogP contribution in [-0.4, -0.2) is 19.2 Å². The summed E-state index contributed by atoms with van der Waals surface area (Å²) in [6, 6.07) is 4.10. The molecule has 1 fully saturated rings. The van der Waals surface area contributed by atoms with Crippen LogP contribution in [0.2, 0.25) is 0 Å². The van der Waals surface area contributed by atoms with Crippen LogP contribution in [0.5, 0.6) is 0 Å². The van der Waals surface area contributed by atoms with Gasteiger partial charge in [0.05, 0.1) is 26.4 Å². The Morgan fingerprint density at radius 3 is 2.79 bits per heavy atom. The highest BCUT2D eigenvalue weighted by molar-refractivity contribution is 14.1. The molecule has 0 spiro atoms. The molecule has 0 radical (unpaired) electrons. The number of carbonyl (C=O) groups is 1. The first-order chi connectivity index (χ1) is 8.89. The van der Waals surface area contributed by atoms with Crippen LogP contribution in [0, 0.1) is 8.30 Å². The molecule has 0 saturated carbocycles. The molecule has 0 bridgehead atoms. The number of hydrogen-bond donors (Lipinski definition) is 0. The SMILES string of the molecule is CCC(C)(C)C(=O)OC1(c2ccc(I)s2)CCOC1. The first-order valence-corrected chi connectivity index (χ1v) is 8.36. The third-order valence-corrected chi connectivity index (χ3v) is 5.81. The number of hydrogen-bond acceptors (Lipinski definition) is 4. The van der Waals surface area contributed by atoms with Gasteiger partial charge < -0.3 is 9.47 Å². The fourth-order valence-electron chi connectivity index (χ4n) is 1.89. The van der Waals surface area contributed by atoms with Gasteiger partial charge in [-0.05, 0) is 55.0 Å². The van der Waals surface area contributed by atoms with Gasteiger partial charge in [-0.25, -0.2) is 0 Å². The molecular weight excluding hydrogens is 375 g/mol. The van der Waals surface area contributed by atoms with Crippen molar-refractivity contribution >= 4 is 39.9 Å². The Morgan fingerprint density at radius 1 is 1.58 bits per heavy atom. The van der Waals surface area contributed by atoms with Gasteiger partial charge in [0.1, 0.15) is 0 Å². The Hall–Kier alpha value is -0.140. The summed E-state index contributed by atoms with van der Waals surface area (Å²) in [5, 5.41) is 0. The topological polar surface area (TPSA) is 35.5 Å². The number of halogens is 1. The molecule has 2 heterocycles. The molecule has 3 nitrogen and oxygen atoms in total. The maximum absolute atomic E-state index is 12.4. The van der Waals surface area contributed by atoms with Crippen molar-refractivity contribution in [1.29, 1.82) is 0 Å². The van der Waals surface area contributed by atoms with E-state index in [0.29, 0.717) is 13.2 Å². The summed E-state index contributed by atoms with van der Waals surface area (Å²) in [4.78, 5) is 13.5. The van der Waals surface area contributed by atoms with E-state index in [1.54, 1.807) is 11.3 Å². The zero-order chi connectivity index (χ0) is 14.1. The summed E-state index contributed by atoms with van der Waals surface area (Å²) < 4.78 is 12.6. The largest absolute Gasteiger partial charge is 0.450 e. The third kappa shape index (κ3) is 3.13. The Morgan fingerprint density at radius 2 is 2.32 bits per heavy atom.